The van der Waals surface area contributed by atoms with E-state index in [1.807, 2.05) is 24.1 Å². The number of aromatic nitrogens is 2. The van der Waals surface area contributed by atoms with E-state index in [0.29, 0.717) is 12.5 Å². The highest BCUT2D eigenvalue weighted by atomic mass is 16.5. The lowest BCUT2D eigenvalue weighted by Gasteiger charge is -2.28. The summed E-state index contributed by atoms with van der Waals surface area (Å²) in [5.41, 5.74) is 7.14. The molecule has 2 N–H and O–H groups in total. The summed E-state index contributed by atoms with van der Waals surface area (Å²) in [6, 6.07) is 0.196. The molecule has 6 heteroatoms. The third-order valence-corrected chi connectivity index (χ3v) is 3.72. The fourth-order valence-corrected chi connectivity index (χ4v) is 2.70. The smallest absolute Gasteiger partial charge is 0.192 e. The van der Waals surface area contributed by atoms with Crippen LogP contribution < -0.4 is 5.73 Å². The van der Waals surface area contributed by atoms with Crippen LogP contribution in [-0.2, 0) is 11.8 Å². The Morgan fingerprint density at radius 1 is 1.56 bits per heavy atom. The van der Waals surface area contributed by atoms with Gasteiger partial charge < -0.3 is 19.9 Å². The SMILES string of the molecule is Cn1cncc1C1CN=C(N)N1CC1CCCO1. The number of imidazole rings is 1. The Kier molecular flexibility index (Phi) is 2.95. The zero-order chi connectivity index (χ0) is 12.5. The second-order valence-corrected chi connectivity index (χ2v) is 4.93. The van der Waals surface area contributed by atoms with E-state index >= 15 is 0 Å². The van der Waals surface area contributed by atoms with Crippen molar-refractivity contribution in [1.29, 1.82) is 0 Å². The first-order valence-corrected chi connectivity index (χ1v) is 6.40. The maximum atomic E-state index is 5.99. The maximum absolute atomic E-state index is 5.99. The van der Waals surface area contributed by atoms with Gasteiger partial charge in [0, 0.05) is 20.2 Å². The summed E-state index contributed by atoms with van der Waals surface area (Å²) in [7, 11) is 2.00. The number of hydrogen-bond donors (Lipinski definition) is 1. The Morgan fingerprint density at radius 3 is 3.11 bits per heavy atom. The van der Waals surface area contributed by atoms with Gasteiger partial charge in [-0.05, 0) is 12.8 Å². The molecule has 1 aromatic rings. The summed E-state index contributed by atoms with van der Waals surface area (Å²) < 4.78 is 7.71. The lowest BCUT2D eigenvalue weighted by atomic mass is 10.1. The van der Waals surface area contributed by atoms with E-state index in [1.54, 1.807) is 0 Å². The molecule has 18 heavy (non-hydrogen) atoms. The van der Waals surface area contributed by atoms with Crippen LogP contribution in [0, 0.1) is 0 Å². The van der Waals surface area contributed by atoms with E-state index < -0.39 is 0 Å². The second-order valence-electron chi connectivity index (χ2n) is 4.93. The van der Waals surface area contributed by atoms with Gasteiger partial charge in [0.15, 0.2) is 5.96 Å². The minimum atomic E-state index is 0.196. The third kappa shape index (κ3) is 1.96. The topological polar surface area (TPSA) is 68.7 Å². The quantitative estimate of drug-likeness (QED) is 0.835. The Hall–Kier alpha value is -1.56. The van der Waals surface area contributed by atoms with Crippen LogP contribution in [0.2, 0.25) is 0 Å². The van der Waals surface area contributed by atoms with Gasteiger partial charge in [0.25, 0.3) is 0 Å². The Bertz CT molecular complexity index is 449. The molecule has 0 radical (unpaired) electrons. The molecular weight excluding hydrogens is 230 g/mol. The van der Waals surface area contributed by atoms with Gasteiger partial charge in [0.2, 0.25) is 0 Å². The van der Waals surface area contributed by atoms with Crippen molar-refractivity contribution in [2.24, 2.45) is 17.8 Å². The minimum absolute atomic E-state index is 0.196. The van der Waals surface area contributed by atoms with E-state index in [2.05, 4.69) is 14.9 Å². The predicted molar refractivity (Wildman–Crippen MR) is 68.1 cm³/mol. The van der Waals surface area contributed by atoms with E-state index in [1.165, 1.54) is 0 Å². The Labute approximate surface area is 106 Å². The van der Waals surface area contributed by atoms with Crippen LogP contribution >= 0.6 is 0 Å². The highest BCUT2D eigenvalue weighted by molar-refractivity contribution is 5.80. The molecule has 2 unspecified atom stereocenters. The van der Waals surface area contributed by atoms with E-state index in [4.69, 9.17) is 10.5 Å². The molecule has 0 amide bonds. The highest BCUT2D eigenvalue weighted by Gasteiger charge is 2.32. The maximum Gasteiger partial charge on any atom is 0.192 e. The lowest BCUT2D eigenvalue weighted by Crippen LogP contribution is -2.41. The largest absolute Gasteiger partial charge is 0.376 e. The average Bonchev–Trinajstić information content (AvgIpc) is 3.05. The summed E-state index contributed by atoms with van der Waals surface area (Å²) in [6.07, 6.45) is 6.25. The van der Waals surface area contributed by atoms with Gasteiger partial charge in [-0.3, -0.25) is 4.99 Å². The van der Waals surface area contributed by atoms with Crippen LogP contribution in [0.5, 0.6) is 0 Å². The van der Waals surface area contributed by atoms with Crippen molar-refractivity contribution in [3.63, 3.8) is 0 Å². The number of ether oxygens (including phenoxy) is 1. The molecule has 6 nitrogen and oxygen atoms in total. The van der Waals surface area contributed by atoms with Crippen LogP contribution in [0.4, 0.5) is 0 Å². The molecule has 3 heterocycles. The molecule has 2 atom stereocenters. The minimum Gasteiger partial charge on any atom is -0.376 e. The second kappa shape index (κ2) is 4.61. The first-order chi connectivity index (χ1) is 8.75. The highest BCUT2D eigenvalue weighted by Crippen LogP contribution is 2.26. The molecule has 2 aliphatic heterocycles. The molecule has 3 rings (SSSR count). The molecular formula is C12H19N5O. The fourth-order valence-electron chi connectivity index (χ4n) is 2.70. The first-order valence-electron chi connectivity index (χ1n) is 6.40. The fraction of sp³-hybridized carbons (Fsp3) is 0.667. The third-order valence-electron chi connectivity index (χ3n) is 3.72. The van der Waals surface area contributed by atoms with Crippen LogP contribution in [0.3, 0.4) is 0 Å². The van der Waals surface area contributed by atoms with Crippen molar-refractivity contribution >= 4 is 5.96 Å². The predicted octanol–water partition coefficient (Wildman–Crippen LogP) is 0.271. The van der Waals surface area contributed by atoms with Crippen LogP contribution in [0.15, 0.2) is 17.5 Å². The average molecular weight is 249 g/mol. The molecule has 1 aromatic heterocycles. The zero-order valence-corrected chi connectivity index (χ0v) is 10.6. The van der Waals surface area contributed by atoms with E-state index in [-0.39, 0.29) is 12.1 Å². The van der Waals surface area contributed by atoms with Crippen LogP contribution in [0.1, 0.15) is 24.6 Å². The molecule has 1 fully saturated rings. The summed E-state index contributed by atoms with van der Waals surface area (Å²) in [4.78, 5) is 10.7. The number of aliphatic imine (C=N–C) groups is 1. The summed E-state index contributed by atoms with van der Waals surface area (Å²) in [5, 5.41) is 0. The normalized spacial score (nSPS) is 27.8. The number of hydrogen-bond acceptors (Lipinski definition) is 5. The molecule has 0 aromatic carbocycles. The number of nitrogens with two attached hydrogens (primary N) is 1. The van der Waals surface area contributed by atoms with E-state index in [9.17, 15) is 0 Å². The molecule has 1 saturated heterocycles. The summed E-state index contributed by atoms with van der Waals surface area (Å²) >= 11 is 0. The van der Waals surface area contributed by atoms with Crippen molar-refractivity contribution in [3.8, 4) is 0 Å². The number of guanidine groups is 1. The monoisotopic (exact) mass is 249 g/mol. The number of aryl methyl sites for hydroxylation is 1. The van der Waals surface area contributed by atoms with Crippen molar-refractivity contribution in [3.05, 3.63) is 18.2 Å². The zero-order valence-electron chi connectivity index (χ0n) is 10.6. The molecule has 0 aliphatic carbocycles. The van der Waals surface area contributed by atoms with Crippen LogP contribution in [-0.4, -0.2) is 46.2 Å². The van der Waals surface area contributed by atoms with Crippen molar-refractivity contribution < 1.29 is 4.74 Å². The molecule has 2 aliphatic rings. The van der Waals surface area contributed by atoms with Gasteiger partial charge in [0.05, 0.1) is 36.9 Å². The molecule has 98 valence electrons. The van der Waals surface area contributed by atoms with Gasteiger partial charge >= 0.3 is 0 Å². The first kappa shape index (κ1) is 11.5. The molecule has 0 bridgehead atoms. The van der Waals surface area contributed by atoms with Crippen molar-refractivity contribution in [2.75, 3.05) is 19.7 Å². The standard InChI is InChI=1S/C12H19N5O/c1-16-8-14-5-10(16)11-6-15-12(13)17(11)7-9-3-2-4-18-9/h5,8-9,11H,2-4,6-7H2,1H3,(H2,13,15). The van der Waals surface area contributed by atoms with E-state index in [0.717, 1.165) is 31.7 Å². The summed E-state index contributed by atoms with van der Waals surface area (Å²) in [6.45, 7) is 2.40. The lowest BCUT2D eigenvalue weighted by molar-refractivity contribution is 0.0846. The van der Waals surface area contributed by atoms with Gasteiger partial charge in [0.1, 0.15) is 0 Å². The number of nitrogens with zero attached hydrogens (tertiary/aromatic N) is 4. The van der Waals surface area contributed by atoms with Gasteiger partial charge in [-0.1, -0.05) is 0 Å². The molecule has 0 spiro atoms. The van der Waals surface area contributed by atoms with Crippen LogP contribution in [0.25, 0.3) is 0 Å². The van der Waals surface area contributed by atoms with Gasteiger partial charge in [-0.2, -0.15) is 0 Å². The van der Waals surface area contributed by atoms with Crippen molar-refractivity contribution in [1.82, 2.24) is 14.5 Å². The van der Waals surface area contributed by atoms with Gasteiger partial charge in [-0.15, -0.1) is 0 Å². The Morgan fingerprint density at radius 2 is 2.44 bits per heavy atom. The number of rotatable bonds is 3. The summed E-state index contributed by atoms with van der Waals surface area (Å²) in [5.74, 6) is 0.622. The van der Waals surface area contributed by atoms with Crippen molar-refractivity contribution in [2.45, 2.75) is 25.0 Å². The molecule has 0 saturated carbocycles. The Balaban J connectivity index is 1.76. The van der Waals surface area contributed by atoms with Gasteiger partial charge in [-0.25, -0.2) is 4.98 Å².